The van der Waals surface area contributed by atoms with E-state index in [1.54, 1.807) is 0 Å². The van der Waals surface area contributed by atoms with Crippen LogP contribution in [0.1, 0.15) is 34.3 Å². The number of nitrogens with zero attached hydrogens (tertiary/aromatic N) is 1. The first-order valence-electron chi connectivity index (χ1n) is 7.95. The van der Waals surface area contributed by atoms with Crippen LogP contribution >= 0.6 is 0 Å². The monoisotopic (exact) mass is 294 g/mol. The van der Waals surface area contributed by atoms with Gasteiger partial charge in [-0.2, -0.15) is 0 Å². The summed E-state index contributed by atoms with van der Waals surface area (Å²) < 4.78 is 0. The fourth-order valence-corrected chi connectivity index (χ4v) is 2.84. The minimum absolute atomic E-state index is 0.0171. The van der Waals surface area contributed by atoms with E-state index in [1.165, 1.54) is 31.5 Å². The summed E-state index contributed by atoms with van der Waals surface area (Å²) in [6, 6.07) is 17.9. The van der Waals surface area contributed by atoms with E-state index < -0.39 is 0 Å². The van der Waals surface area contributed by atoms with E-state index in [0.717, 1.165) is 17.7 Å². The highest BCUT2D eigenvalue weighted by Gasteiger charge is 2.12. The lowest BCUT2D eigenvalue weighted by molar-refractivity contribution is 0.0951. The molecule has 2 aromatic carbocycles. The molecule has 1 amide bonds. The third-order valence-corrected chi connectivity index (χ3v) is 4.12. The Bertz CT molecular complexity index is 601. The molecule has 0 unspecified atom stereocenters. The van der Waals surface area contributed by atoms with Crippen LogP contribution in [-0.4, -0.2) is 23.9 Å². The average Bonchev–Trinajstić information content (AvgIpc) is 3.07. The first kappa shape index (κ1) is 14.8. The highest BCUT2D eigenvalue weighted by molar-refractivity contribution is 5.94. The molecule has 114 valence electrons. The van der Waals surface area contributed by atoms with Crippen LogP contribution in [0.25, 0.3) is 0 Å². The van der Waals surface area contributed by atoms with Gasteiger partial charge in [0.05, 0.1) is 0 Å². The van der Waals surface area contributed by atoms with Gasteiger partial charge < -0.3 is 5.32 Å². The minimum atomic E-state index is -0.0171. The highest BCUT2D eigenvalue weighted by atomic mass is 16.1. The van der Waals surface area contributed by atoms with Gasteiger partial charge in [0.15, 0.2) is 0 Å². The first-order valence-corrected chi connectivity index (χ1v) is 7.95. The molecule has 3 nitrogen and oxygen atoms in total. The molecule has 0 atom stereocenters. The van der Waals surface area contributed by atoms with Crippen molar-refractivity contribution in [3.05, 3.63) is 71.3 Å². The van der Waals surface area contributed by atoms with E-state index in [-0.39, 0.29) is 5.91 Å². The SMILES string of the molecule is O=C(NCc1ccccc1)c1ccc(CN2CCCC2)cc1. The van der Waals surface area contributed by atoms with E-state index in [1.807, 2.05) is 42.5 Å². The van der Waals surface area contributed by atoms with Crippen LogP contribution in [0.5, 0.6) is 0 Å². The van der Waals surface area contributed by atoms with Gasteiger partial charge in [0.25, 0.3) is 5.91 Å². The Morgan fingerprint density at radius 3 is 2.27 bits per heavy atom. The van der Waals surface area contributed by atoms with E-state index in [9.17, 15) is 4.79 Å². The normalized spacial score (nSPS) is 14.9. The molecule has 0 aliphatic carbocycles. The Balaban J connectivity index is 1.54. The fourth-order valence-electron chi connectivity index (χ4n) is 2.84. The van der Waals surface area contributed by atoms with Gasteiger partial charge in [0.1, 0.15) is 0 Å². The molecule has 3 heteroatoms. The number of amides is 1. The summed E-state index contributed by atoms with van der Waals surface area (Å²) in [5.74, 6) is -0.0171. The van der Waals surface area contributed by atoms with Crippen molar-refractivity contribution in [1.82, 2.24) is 10.2 Å². The van der Waals surface area contributed by atoms with Gasteiger partial charge in [-0.25, -0.2) is 0 Å². The lowest BCUT2D eigenvalue weighted by Crippen LogP contribution is -2.23. The smallest absolute Gasteiger partial charge is 0.251 e. The minimum Gasteiger partial charge on any atom is -0.348 e. The summed E-state index contributed by atoms with van der Waals surface area (Å²) in [6.07, 6.45) is 2.61. The van der Waals surface area contributed by atoms with E-state index >= 15 is 0 Å². The molecular weight excluding hydrogens is 272 g/mol. The summed E-state index contributed by atoms with van der Waals surface area (Å²) in [4.78, 5) is 14.6. The van der Waals surface area contributed by atoms with Gasteiger partial charge >= 0.3 is 0 Å². The first-order chi connectivity index (χ1) is 10.8. The molecule has 22 heavy (non-hydrogen) atoms. The van der Waals surface area contributed by atoms with Crippen LogP contribution in [0.3, 0.4) is 0 Å². The number of rotatable bonds is 5. The Labute approximate surface area is 132 Å². The molecule has 0 aromatic heterocycles. The van der Waals surface area contributed by atoms with Crippen LogP contribution in [0.4, 0.5) is 0 Å². The van der Waals surface area contributed by atoms with Gasteiger partial charge in [0, 0.05) is 18.7 Å². The number of carbonyl (C=O) groups excluding carboxylic acids is 1. The van der Waals surface area contributed by atoms with Crippen LogP contribution in [0, 0.1) is 0 Å². The van der Waals surface area contributed by atoms with Crippen molar-refractivity contribution in [2.75, 3.05) is 13.1 Å². The van der Waals surface area contributed by atoms with Crippen molar-refractivity contribution < 1.29 is 4.79 Å². The summed E-state index contributed by atoms with van der Waals surface area (Å²) in [6.45, 7) is 3.94. The van der Waals surface area contributed by atoms with Crippen molar-refractivity contribution in [3.8, 4) is 0 Å². The number of nitrogens with one attached hydrogen (secondary N) is 1. The van der Waals surface area contributed by atoms with Gasteiger partial charge in [-0.15, -0.1) is 0 Å². The number of hydrogen-bond acceptors (Lipinski definition) is 2. The summed E-state index contributed by atoms with van der Waals surface area (Å²) in [7, 11) is 0. The lowest BCUT2D eigenvalue weighted by atomic mass is 10.1. The van der Waals surface area contributed by atoms with Gasteiger partial charge in [-0.1, -0.05) is 42.5 Å². The largest absolute Gasteiger partial charge is 0.348 e. The second kappa shape index (κ2) is 7.23. The molecule has 1 aliphatic rings. The van der Waals surface area contributed by atoms with Crippen molar-refractivity contribution in [2.45, 2.75) is 25.9 Å². The molecule has 3 rings (SSSR count). The van der Waals surface area contributed by atoms with Crippen molar-refractivity contribution >= 4 is 5.91 Å². The summed E-state index contributed by atoms with van der Waals surface area (Å²) in [5.41, 5.74) is 3.11. The van der Waals surface area contributed by atoms with Crippen LogP contribution in [0.15, 0.2) is 54.6 Å². The molecule has 0 bridgehead atoms. The second-order valence-corrected chi connectivity index (χ2v) is 5.85. The second-order valence-electron chi connectivity index (χ2n) is 5.85. The molecule has 0 radical (unpaired) electrons. The molecule has 1 N–H and O–H groups in total. The van der Waals surface area contributed by atoms with Crippen molar-refractivity contribution in [3.63, 3.8) is 0 Å². The lowest BCUT2D eigenvalue weighted by Gasteiger charge is -2.14. The van der Waals surface area contributed by atoms with E-state index in [2.05, 4.69) is 22.3 Å². The van der Waals surface area contributed by atoms with E-state index in [0.29, 0.717) is 6.54 Å². The number of likely N-dealkylation sites (tertiary alicyclic amines) is 1. The maximum atomic E-state index is 12.2. The van der Waals surface area contributed by atoms with Gasteiger partial charge in [-0.05, 0) is 49.2 Å². The summed E-state index contributed by atoms with van der Waals surface area (Å²) >= 11 is 0. The summed E-state index contributed by atoms with van der Waals surface area (Å²) in [5, 5.41) is 2.96. The Morgan fingerprint density at radius 2 is 1.59 bits per heavy atom. The molecule has 1 saturated heterocycles. The van der Waals surface area contributed by atoms with Crippen molar-refractivity contribution in [2.24, 2.45) is 0 Å². The Kier molecular flexibility index (Phi) is 4.86. The number of hydrogen-bond donors (Lipinski definition) is 1. The molecule has 1 fully saturated rings. The third-order valence-electron chi connectivity index (χ3n) is 4.12. The average molecular weight is 294 g/mol. The van der Waals surface area contributed by atoms with Crippen LogP contribution < -0.4 is 5.32 Å². The highest BCUT2D eigenvalue weighted by Crippen LogP contribution is 2.13. The van der Waals surface area contributed by atoms with Crippen LogP contribution in [0.2, 0.25) is 0 Å². The zero-order chi connectivity index (χ0) is 15.2. The fraction of sp³-hybridized carbons (Fsp3) is 0.316. The van der Waals surface area contributed by atoms with E-state index in [4.69, 9.17) is 0 Å². The molecule has 1 aliphatic heterocycles. The number of carbonyl (C=O) groups is 1. The van der Waals surface area contributed by atoms with Crippen LogP contribution in [-0.2, 0) is 13.1 Å². The quantitative estimate of drug-likeness (QED) is 0.918. The topological polar surface area (TPSA) is 32.3 Å². The zero-order valence-electron chi connectivity index (χ0n) is 12.8. The van der Waals surface area contributed by atoms with Gasteiger partial charge in [0.2, 0.25) is 0 Å². The molecule has 0 saturated carbocycles. The maximum absolute atomic E-state index is 12.2. The zero-order valence-corrected chi connectivity index (χ0v) is 12.8. The molecular formula is C19H22N2O. The third kappa shape index (κ3) is 3.95. The molecule has 1 heterocycles. The molecule has 2 aromatic rings. The predicted octanol–water partition coefficient (Wildman–Crippen LogP) is 3.21. The maximum Gasteiger partial charge on any atom is 0.251 e. The van der Waals surface area contributed by atoms with Gasteiger partial charge in [-0.3, -0.25) is 9.69 Å². The predicted molar refractivity (Wildman–Crippen MR) is 88.6 cm³/mol. The Morgan fingerprint density at radius 1 is 0.909 bits per heavy atom. The standard InChI is InChI=1S/C19H22N2O/c22-19(20-14-16-6-2-1-3-7-16)18-10-8-17(9-11-18)15-21-12-4-5-13-21/h1-3,6-11H,4-5,12-15H2,(H,20,22). The van der Waals surface area contributed by atoms with Crippen molar-refractivity contribution in [1.29, 1.82) is 0 Å². The molecule has 0 spiro atoms. The Hall–Kier alpha value is -2.13. The number of benzene rings is 2.